The van der Waals surface area contributed by atoms with Crippen LogP contribution in [0, 0.1) is 47.3 Å². The second-order valence-electron chi connectivity index (χ2n) is 16.7. The standard InChI is InChI=1S/C32H55ClN8O5S2.Ni/c33-48(44,45)46-47(42,43)23-15-7-14-22-24(23)32-40-30-21-13-6-5-12-20(21)28(38-30)36-26-17-9-2-1-8-16(17)25(34-26)35-27-18-10-3-4-11-19(18)29(37-27)39-31(22)41-32;/h16-32,34-41H,1-15H2;. The molecule has 5 saturated heterocycles. The van der Waals surface area contributed by atoms with Crippen LogP contribution < -0.4 is 42.5 Å². The van der Waals surface area contributed by atoms with E-state index in [0.717, 1.165) is 12.8 Å². The van der Waals surface area contributed by atoms with Gasteiger partial charge >= 0.3 is 9.33 Å². The van der Waals surface area contributed by atoms with Gasteiger partial charge in [0, 0.05) is 22.4 Å². The summed E-state index contributed by atoms with van der Waals surface area (Å²) in [5, 5.41) is 31.1. The van der Waals surface area contributed by atoms with E-state index < -0.39 is 24.7 Å². The first kappa shape index (κ1) is 36.3. The van der Waals surface area contributed by atoms with Gasteiger partial charge in [0.1, 0.15) is 0 Å². The van der Waals surface area contributed by atoms with Gasteiger partial charge in [0.2, 0.25) is 0 Å². The topological polar surface area (TPSA) is 174 Å². The van der Waals surface area contributed by atoms with Gasteiger partial charge in [0.25, 0.3) is 10.1 Å². The van der Waals surface area contributed by atoms with Crippen LogP contribution in [0.3, 0.4) is 0 Å². The summed E-state index contributed by atoms with van der Waals surface area (Å²) in [5.41, 5.74) is 0. The molecule has 9 rings (SSSR count). The van der Waals surface area contributed by atoms with Crippen molar-refractivity contribution in [3.63, 3.8) is 0 Å². The van der Waals surface area contributed by atoms with Crippen LogP contribution in [0.4, 0.5) is 0 Å². The maximum Gasteiger partial charge on any atom is 0.370 e. The van der Waals surface area contributed by atoms with Gasteiger partial charge in [-0.05, 0) is 92.8 Å². The van der Waals surface area contributed by atoms with Crippen LogP contribution in [0.1, 0.15) is 96.3 Å². The quantitative estimate of drug-likeness (QED) is 0.153. The molecule has 9 fully saturated rings. The molecular weight excluding hydrogens is 735 g/mol. The largest absolute Gasteiger partial charge is 0.370 e. The Balaban J connectivity index is 0.00000348. The Bertz CT molecular complexity index is 1430. The molecule has 17 atom stereocenters. The predicted octanol–water partition coefficient (Wildman–Crippen LogP) is 1.41. The minimum atomic E-state index is -4.71. The van der Waals surface area contributed by atoms with Crippen LogP contribution in [0.2, 0.25) is 0 Å². The molecule has 282 valence electrons. The Morgan fingerprint density at radius 2 is 0.694 bits per heavy atom. The predicted molar refractivity (Wildman–Crippen MR) is 181 cm³/mol. The maximum absolute atomic E-state index is 13.6. The van der Waals surface area contributed by atoms with Crippen molar-refractivity contribution in [1.29, 1.82) is 0 Å². The molecule has 17 unspecified atom stereocenters. The van der Waals surface area contributed by atoms with Crippen LogP contribution in [0.15, 0.2) is 0 Å². The van der Waals surface area contributed by atoms with Gasteiger partial charge < -0.3 is 0 Å². The number of fused-ring (bicyclic) bond motifs is 20. The van der Waals surface area contributed by atoms with Crippen molar-refractivity contribution in [2.24, 2.45) is 47.3 Å². The summed E-state index contributed by atoms with van der Waals surface area (Å²) in [6.07, 6.45) is 16.9. The van der Waals surface area contributed by atoms with E-state index >= 15 is 0 Å². The molecule has 0 amide bonds. The number of halogens is 1. The second kappa shape index (κ2) is 14.2. The Morgan fingerprint density at radius 1 is 0.408 bits per heavy atom. The van der Waals surface area contributed by atoms with E-state index in [1.165, 1.54) is 70.6 Å². The normalized spacial score (nSPS) is 51.2. The van der Waals surface area contributed by atoms with E-state index in [0.29, 0.717) is 48.3 Å². The summed E-state index contributed by atoms with van der Waals surface area (Å²) in [4.78, 5) is 0. The van der Waals surface area contributed by atoms with E-state index in [2.05, 4.69) is 46.2 Å². The van der Waals surface area contributed by atoms with E-state index in [-0.39, 0.29) is 77.7 Å². The van der Waals surface area contributed by atoms with Crippen molar-refractivity contribution >= 4 is 30.1 Å². The molecule has 5 aliphatic heterocycles. The molecule has 8 N–H and O–H groups in total. The minimum Gasteiger partial charge on any atom is -0.286 e. The Morgan fingerprint density at radius 3 is 1.02 bits per heavy atom. The maximum atomic E-state index is 13.6. The third-order valence-electron chi connectivity index (χ3n) is 14.4. The van der Waals surface area contributed by atoms with Crippen molar-refractivity contribution < 1.29 is 37.0 Å². The molecule has 0 spiro atoms. The summed E-state index contributed by atoms with van der Waals surface area (Å²) in [7, 11) is -3.82. The first-order valence-corrected chi connectivity index (χ1v) is 22.8. The van der Waals surface area contributed by atoms with Crippen molar-refractivity contribution in [1.82, 2.24) is 42.5 Å². The zero-order chi connectivity index (χ0) is 32.8. The molecule has 9 aliphatic rings. The van der Waals surface area contributed by atoms with Gasteiger partial charge in [-0.1, -0.05) is 44.9 Å². The van der Waals surface area contributed by atoms with Crippen molar-refractivity contribution in [2.75, 3.05) is 0 Å². The summed E-state index contributed by atoms with van der Waals surface area (Å²) >= 11 is 0. The van der Waals surface area contributed by atoms with Crippen molar-refractivity contribution in [3.05, 3.63) is 0 Å². The van der Waals surface area contributed by atoms with Gasteiger partial charge in [-0.25, -0.2) is 0 Å². The van der Waals surface area contributed by atoms with Gasteiger partial charge in [-0.15, -0.1) is 3.63 Å². The van der Waals surface area contributed by atoms with E-state index in [1.54, 1.807) is 0 Å². The molecule has 4 saturated carbocycles. The van der Waals surface area contributed by atoms with Gasteiger partial charge in [-0.3, -0.25) is 42.5 Å². The summed E-state index contributed by atoms with van der Waals surface area (Å²) in [6.45, 7) is 0. The molecule has 0 radical (unpaired) electrons. The number of hydrogen-bond acceptors (Lipinski definition) is 13. The molecule has 0 aromatic carbocycles. The average Bonchev–Trinajstić information content (AvgIpc) is 3.79. The van der Waals surface area contributed by atoms with E-state index in [1.807, 2.05) is 0 Å². The molecule has 13 nitrogen and oxygen atoms in total. The molecule has 5 heterocycles. The van der Waals surface area contributed by atoms with Crippen LogP contribution in [0.5, 0.6) is 0 Å². The Kier molecular flexibility index (Phi) is 10.5. The van der Waals surface area contributed by atoms with Gasteiger partial charge in [0.05, 0.1) is 65.3 Å². The number of hydrogen-bond donors (Lipinski definition) is 8. The van der Waals surface area contributed by atoms with Crippen molar-refractivity contribution in [3.8, 4) is 0 Å². The van der Waals surface area contributed by atoms with Crippen LogP contribution in [0.25, 0.3) is 0 Å². The molecule has 8 bridgehead atoms. The zero-order valence-corrected chi connectivity index (χ0v) is 31.4. The first-order valence-electron chi connectivity index (χ1n) is 19.1. The van der Waals surface area contributed by atoms with Crippen molar-refractivity contribution in [2.45, 2.75) is 151 Å². The number of rotatable bonds is 3. The molecular formula is C32H55ClN8NiO5S2. The zero-order valence-electron chi connectivity index (χ0n) is 28.0. The smallest absolute Gasteiger partial charge is 0.286 e. The monoisotopic (exact) mass is 788 g/mol. The van der Waals surface area contributed by atoms with Crippen LogP contribution in [-0.2, 0) is 39.6 Å². The Labute approximate surface area is 306 Å². The SMILES string of the molecule is O=S(=O)(Cl)OS(=O)(=O)C1CCCC2C3NC4NC(NC5NC(NC6NC(NC(N3)C21)C1CCCCC61)C1CCCCC51)C1CCCCC41.[Ni]. The molecule has 0 aromatic heterocycles. The summed E-state index contributed by atoms with van der Waals surface area (Å²) in [6, 6.07) is 0. The molecule has 0 aromatic rings. The van der Waals surface area contributed by atoms with Crippen LogP contribution >= 0.6 is 10.7 Å². The van der Waals surface area contributed by atoms with Crippen LogP contribution in [-0.4, -0.2) is 71.4 Å². The third-order valence-corrected chi connectivity index (χ3v) is 17.5. The summed E-state index contributed by atoms with van der Waals surface area (Å²) in [5.74, 6) is 2.68. The van der Waals surface area contributed by atoms with E-state index in [9.17, 15) is 16.8 Å². The average molecular weight is 790 g/mol. The first-order chi connectivity index (χ1) is 23.1. The molecule has 49 heavy (non-hydrogen) atoms. The fraction of sp³-hybridized carbons (Fsp3) is 1.00. The molecule has 4 aliphatic carbocycles. The molecule has 17 heteroatoms. The fourth-order valence-corrected chi connectivity index (χ4v) is 15.7. The third kappa shape index (κ3) is 6.82. The number of nitrogens with one attached hydrogen (secondary N) is 8. The van der Waals surface area contributed by atoms with Gasteiger partial charge in [0.15, 0.2) is 0 Å². The summed E-state index contributed by atoms with van der Waals surface area (Å²) < 4.78 is 55.7. The minimum absolute atomic E-state index is 0. The second-order valence-corrected chi connectivity index (χ2v) is 20.7. The fourth-order valence-electron chi connectivity index (χ4n) is 12.5. The van der Waals surface area contributed by atoms with E-state index in [4.69, 9.17) is 10.7 Å². The Hall–Kier alpha value is 0.324. The van der Waals surface area contributed by atoms with Gasteiger partial charge in [-0.2, -0.15) is 16.8 Å².